The van der Waals surface area contributed by atoms with Crippen LogP contribution >= 0.6 is 0 Å². The predicted molar refractivity (Wildman–Crippen MR) is 84.4 cm³/mol. The van der Waals surface area contributed by atoms with Crippen molar-refractivity contribution in [1.29, 1.82) is 0 Å². The fourth-order valence-corrected chi connectivity index (χ4v) is 1.84. The van der Waals surface area contributed by atoms with E-state index >= 15 is 0 Å². The molecule has 0 aromatic carbocycles. The molecule has 6 nitrogen and oxygen atoms in total. The molecule has 0 atom stereocenters. The first kappa shape index (κ1) is 18.6. The van der Waals surface area contributed by atoms with E-state index in [0.29, 0.717) is 31.1 Å². The Labute approximate surface area is 132 Å². The van der Waals surface area contributed by atoms with Gasteiger partial charge in [0.25, 0.3) is 0 Å². The molecule has 0 radical (unpaired) electrons. The van der Waals surface area contributed by atoms with Gasteiger partial charge in [0, 0.05) is 31.4 Å². The topological polar surface area (TPSA) is 88.2 Å². The fraction of sp³-hybridized carbons (Fsp3) is 0.812. The van der Waals surface area contributed by atoms with Crippen molar-refractivity contribution in [1.82, 2.24) is 15.5 Å². The van der Waals surface area contributed by atoms with Gasteiger partial charge in [-0.2, -0.15) is 4.98 Å². The quantitative estimate of drug-likeness (QED) is 0.719. The average molecular weight is 311 g/mol. The largest absolute Gasteiger partial charge is 0.396 e. The molecule has 0 aliphatic heterocycles. The number of aliphatic hydroxyl groups excluding tert-OH is 1. The molecule has 1 heterocycles. The van der Waals surface area contributed by atoms with Gasteiger partial charge in [0.1, 0.15) is 0 Å². The van der Waals surface area contributed by atoms with Crippen molar-refractivity contribution in [3.8, 4) is 0 Å². The van der Waals surface area contributed by atoms with E-state index < -0.39 is 0 Å². The molecule has 6 heteroatoms. The lowest BCUT2D eigenvalue weighted by molar-refractivity contribution is -0.121. The normalized spacial score (nSPS) is 12.5. The molecule has 0 aliphatic carbocycles. The lowest BCUT2D eigenvalue weighted by Gasteiger charge is -2.21. The zero-order chi connectivity index (χ0) is 16.8. The van der Waals surface area contributed by atoms with E-state index in [1.165, 1.54) is 0 Å². The van der Waals surface area contributed by atoms with Gasteiger partial charge >= 0.3 is 0 Å². The van der Waals surface area contributed by atoms with Gasteiger partial charge in [0.15, 0.2) is 5.82 Å². The molecule has 1 rings (SSSR count). The zero-order valence-electron chi connectivity index (χ0n) is 14.4. The van der Waals surface area contributed by atoms with Crippen LogP contribution in [0.25, 0.3) is 0 Å². The van der Waals surface area contributed by atoms with Crippen molar-refractivity contribution >= 4 is 5.91 Å². The first-order valence-electron chi connectivity index (χ1n) is 7.85. The van der Waals surface area contributed by atoms with E-state index in [0.717, 1.165) is 12.8 Å². The Balaban J connectivity index is 2.25. The minimum atomic E-state index is -0.149. The number of hydrogen-bond donors (Lipinski definition) is 2. The molecule has 1 amide bonds. The van der Waals surface area contributed by atoms with Crippen molar-refractivity contribution < 1.29 is 14.4 Å². The minimum Gasteiger partial charge on any atom is -0.396 e. The van der Waals surface area contributed by atoms with Gasteiger partial charge in [-0.05, 0) is 18.3 Å². The molecule has 0 saturated carbocycles. The highest BCUT2D eigenvalue weighted by Crippen LogP contribution is 2.20. The molecular formula is C16H29N3O3. The van der Waals surface area contributed by atoms with Crippen molar-refractivity contribution in [3.63, 3.8) is 0 Å². The first-order chi connectivity index (χ1) is 10.1. The van der Waals surface area contributed by atoms with Gasteiger partial charge in [-0.15, -0.1) is 0 Å². The second-order valence-corrected chi connectivity index (χ2v) is 7.54. The highest BCUT2D eigenvalue weighted by Gasteiger charge is 2.21. The molecule has 0 spiro atoms. The van der Waals surface area contributed by atoms with Gasteiger partial charge in [-0.3, -0.25) is 4.79 Å². The standard InChI is InChI=1S/C16H29N3O3/c1-15(2,3)14-18-13(22-19-14)8-7-12(21)17-10-6-9-16(4,5)11-20/h20H,6-11H2,1-5H3,(H,17,21). The van der Waals surface area contributed by atoms with E-state index in [1.54, 1.807) is 0 Å². The predicted octanol–water partition coefficient (Wildman–Crippen LogP) is 2.21. The van der Waals surface area contributed by atoms with Crippen LogP contribution in [0.15, 0.2) is 4.52 Å². The summed E-state index contributed by atoms with van der Waals surface area (Å²) in [5.74, 6) is 1.15. The Morgan fingerprint density at radius 2 is 1.95 bits per heavy atom. The van der Waals surface area contributed by atoms with Crippen LogP contribution in [0.5, 0.6) is 0 Å². The summed E-state index contributed by atoms with van der Waals surface area (Å²) in [6.07, 6.45) is 2.53. The number of nitrogens with zero attached hydrogens (tertiary/aromatic N) is 2. The van der Waals surface area contributed by atoms with Gasteiger partial charge < -0.3 is 14.9 Å². The maximum atomic E-state index is 11.8. The van der Waals surface area contributed by atoms with E-state index in [4.69, 9.17) is 9.63 Å². The second-order valence-electron chi connectivity index (χ2n) is 7.54. The Morgan fingerprint density at radius 1 is 1.27 bits per heavy atom. The monoisotopic (exact) mass is 311 g/mol. The van der Waals surface area contributed by atoms with E-state index in [2.05, 4.69) is 15.5 Å². The molecule has 0 unspecified atom stereocenters. The van der Waals surface area contributed by atoms with Gasteiger partial charge in [0.2, 0.25) is 11.8 Å². The van der Waals surface area contributed by atoms with Crippen LogP contribution in [-0.4, -0.2) is 34.3 Å². The highest BCUT2D eigenvalue weighted by molar-refractivity contribution is 5.75. The van der Waals surface area contributed by atoms with Crippen molar-refractivity contribution in [2.75, 3.05) is 13.2 Å². The third kappa shape index (κ3) is 6.56. The molecule has 0 fully saturated rings. The van der Waals surface area contributed by atoms with Crippen molar-refractivity contribution in [2.24, 2.45) is 5.41 Å². The summed E-state index contributed by atoms with van der Waals surface area (Å²) in [7, 11) is 0. The van der Waals surface area contributed by atoms with Crippen LogP contribution < -0.4 is 5.32 Å². The number of carbonyl (C=O) groups is 1. The second kappa shape index (κ2) is 7.72. The molecule has 1 aromatic rings. The molecule has 0 aliphatic rings. The number of carbonyl (C=O) groups excluding carboxylic acids is 1. The summed E-state index contributed by atoms with van der Waals surface area (Å²) in [6, 6.07) is 0. The van der Waals surface area contributed by atoms with Crippen LogP contribution in [0.1, 0.15) is 65.6 Å². The SMILES string of the molecule is CC(C)(CO)CCCNC(=O)CCc1nc(C(C)(C)C)no1. The summed E-state index contributed by atoms with van der Waals surface area (Å²) in [6.45, 7) is 10.9. The van der Waals surface area contributed by atoms with Crippen LogP contribution in [0.2, 0.25) is 0 Å². The molecular weight excluding hydrogens is 282 g/mol. The Bertz CT molecular complexity index is 475. The zero-order valence-corrected chi connectivity index (χ0v) is 14.4. The number of aromatic nitrogens is 2. The number of nitrogens with one attached hydrogen (secondary N) is 1. The van der Waals surface area contributed by atoms with Crippen LogP contribution in [0.3, 0.4) is 0 Å². The van der Waals surface area contributed by atoms with E-state index in [-0.39, 0.29) is 23.3 Å². The molecule has 0 bridgehead atoms. The van der Waals surface area contributed by atoms with Crippen LogP contribution in [0, 0.1) is 5.41 Å². The molecule has 22 heavy (non-hydrogen) atoms. The number of rotatable bonds is 8. The maximum absolute atomic E-state index is 11.8. The Kier molecular flexibility index (Phi) is 6.53. The summed E-state index contributed by atoms with van der Waals surface area (Å²) >= 11 is 0. The Morgan fingerprint density at radius 3 is 2.50 bits per heavy atom. The van der Waals surface area contributed by atoms with E-state index in [1.807, 2.05) is 34.6 Å². The van der Waals surface area contributed by atoms with Crippen LogP contribution in [0.4, 0.5) is 0 Å². The fourth-order valence-electron chi connectivity index (χ4n) is 1.84. The third-order valence-electron chi connectivity index (χ3n) is 3.49. The average Bonchev–Trinajstić information content (AvgIpc) is 2.90. The molecule has 126 valence electrons. The van der Waals surface area contributed by atoms with Gasteiger partial charge in [-0.1, -0.05) is 39.8 Å². The lowest BCUT2D eigenvalue weighted by atomic mass is 9.89. The van der Waals surface area contributed by atoms with Crippen LogP contribution in [-0.2, 0) is 16.6 Å². The molecule has 0 saturated heterocycles. The summed E-state index contributed by atoms with van der Waals surface area (Å²) < 4.78 is 5.16. The smallest absolute Gasteiger partial charge is 0.227 e. The van der Waals surface area contributed by atoms with E-state index in [9.17, 15) is 4.79 Å². The number of aliphatic hydroxyl groups is 1. The highest BCUT2D eigenvalue weighted by atomic mass is 16.5. The lowest BCUT2D eigenvalue weighted by Crippen LogP contribution is -2.26. The third-order valence-corrected chi connectivity index (χ3v) is 3.49. The minimum absolute atomic E-state index is 0.0164. The van der Waals surface area contributed by atoms with Gasteiger partial charge in [0.05, 0.1) is 0 Å². The van der Waals surface area contributed by atoms with Crippen molar-refractivity contribution in [3.05, 3.63) is 11.7 Å². The van der Waals surface area contributed by atoms with Gasteiger partial charge in [-0.25, -0.2) is 0 Å². The summed E-state index contributed by atoms with van der Waals surface area (Å²) in [4.78, 5) is 16.1. The summed E-state index contributed by atoms with van der Waals surface area (Å²) in [5.41, 5.74) is -0.235. The molecule has 1 aromatic heterocycles. The maximum Gasteiger partial charge on any atom is 0.227 e. The number of aryl methyl sites for hydroxylation is 1. The number of hydrogen-bond acceptors (Lipinski definition) is 5. The summed E-state index contributed by atoms with van der Waals surface area (Å²) in [5, 5.41) is 16.0. The number of amides is 1. The Hall–Kier alpha value is -1.43. The van der Waals surface area contributed by atoms with Crippen molar-refractivity contribution in [2.45, 2.75) is 65.7 Å². The molecule has 2 N–H and O–H groups in total. The first-order valence-corrected chi connectivity index (χ1v) is 7.85.